The number of hydrogen-bond donors (Lipinski definition) is 2. The fourth-order valence-electron chi connectivity index (χ4n) is 2.81. The van der Waals surface area contributed by atoms with Gasteiger partial charge < -0.3 is 10.3 Å². The summed E-state index contributed by atoms with van der Waals surface area (Å²) in [4.78, 5) is 0. The molecular weight excluding hydrogens is 198 g/mol. The first kappa shape index (κ1) is 9.26. The predicted octanol–water partition coefficient (Wildman–Crippen LogP) is -0.0871. The molecule has 15 heavy (non-hydrogen) atoms. The lowest BCUT2D eigenvalue weighted by atomic mass is 9.76. The highest BCUT2D eigenvalue weighted by atomic mass is 16.6. The number of hydrogen-bond acceptors (Lipinski definition) is 6. The molecule has 1 aliphatic heterocycles. The molecule has 0 spiro atoms. The van der Waals surface area contributed by atoms with E-state index < -0.39 is 5.60 Å². The molecule has 0 saturated carbocycles. The second-order valence-corrected chi connectivity index (χ2v) is 4.46. The highest BCUT2D eigenvalue weighted by Crippen LogP contribution is 2.46. The summed E-state index contributed by atoms with van der Waals surface area (Å²) in [6.45, 7) is 2.35. The highest BCUT2D eigenvalue weighted by molar-refractivity contribution is 5.27. The van der Waals surface area contributed by atoms with E-state index >= 15 is 0 Å². The van der Waals surface area contributed by atoms with E-state index in [9.17, 15) is 10.3 Å². The second kappa shape index (κ2) is 2.78. The Balaban J connectivity index is 2.14. The number of rotatable bonds is 0. The standard InChI is InChI=1S/C9H13N3O3/c1-5-4-12(14)7-3-2-6-8(9(5,7)13)11-15-10-6/h5,7,13-14H,2-4H2,1H3/t5-,7+,9-/m1/s1. The van der Waals surface area contributed by atoms with Crippen LogP contribution in [0.15, 0.2) is 4.63 Å². The maximum Gasteiger partial charge on any atom is 0.141 e. The summed E-state index contributed by atoms with van der Waals surface area (Å²) < 4.78 is 4.66. The van der Waals surface area contributed by atoms with Crippen LogP contribution in [0, 0.1) is 5.92 Å². The maximum absolute atomic E-state index is 10.6. The molecule has 1 aliphatic carbocycles. The monoisotopic (exact) mass is 211 g/mol. The molecule has 1 fully saturated rings. The van der Waals surface area contributed by atoms with E-state index in [-0.39, 0.29) is 12.0 Å². The van der Waals surface area contributed by atoms with E-state index in [1.807, 2.05) is 6.92 Å². The number of hydroxylamine groups is 2. The van der Waals surface area contributed by atoms with Crippen molar-refractivity contribution in [2.24, 2.45) is 5.92 Å². The third-order valence-electron chi connectivity index (χ3n) is 3.67. The summed E-state index contributed by atoms with van der Waals surface area (Å²) in [6, 6.07) is -0.285. The summed E-state index contributed by atoms with van der Waals surface area (Å²) in [5, 5.41) is 29.1. The first-order valence-corrected chi connectivity index (χ1v) is 5.14. The summed E-state index contributed by atoms with van der Waals surface area (Å²) in [5.41, 5.74) is 0.112. The van der Waals surface area contributed by atoms with Crippen LogP contribution < -0.4 is 0 Å². The first-order valence-electron chi connectivity index (χ1n) is 5.14. The molecule has 0 aromatic carbocycles. The van der Waals surface area contributed by atoms with Gasteiger partial charge in [0.15, 0.2) is 0 Å². The number of aliphatic hydroxyl groups is 1. The molecule has 2 N–H and O–H groups in total. The minimum atomic E-state index is -1.11. The van der Waals surface area contributed by atoms with E-state index in [0.29, 0.717) is 25.1 Å². The molecule has 3 atom stereocenters. The Bertz CT molecular complexity index is 394. The van der Waals surface area contributed by atoms with E-state index in [2.05, 4.69) is 14.9 Å². The first-order chi connectivity index (χ1) is 7.14. The van der Waals surface area contributed by atoms with Gasteiger partial charge in [-0.2, -0.15) is 5.06 Å². The minimum absolute atomic E-state index is 0.0709. The fraction of sp³-hybridized carbons (Fsp3) is 0.778. The summed E-state index contributed by atoms with van der Waals surface area (Å²) in [6.07, 6.45) is 1.37. The lowest BCUT2D eigenvalue weighted by Crippen LogP contribution is -2.47. The molecule has 1 aromatic rings. The SMILES string of the molecule is C[C@@H]1CN(O)[C@H]2CCc3nonc3[C@@]12O. The van der Waals surface area contributed by atoms with Crippen LogP contribution in [0.1, 0.15) is 24.7 Å². The van der Waals surface area contributed by atoms with Crippen LogP contribution in [0.25, 0.3) is 0 Å². The molecule has 1 aromatic heterocycles. The van der Waals surface area contributed by atoms with Gasteiger partial charge in [-0.15, -0.1) is 0 Å². The molecular formula is C9H13N3O3. The van der Waals surface area contributed by atoms with Gasteiger partial charge in [-0.25, -0.2) is 4.63 Å². The molecule has 2 aliphatic rings. The topological polar surface area (TPSA) is 82.6 Å². The van der Waals surface area contributed by atoms with Crippen molar-refractivity contribution >= 4 is 0 Å². The Labute approximate surface area is 86.4 Å². The molecule has 0 bridgehead atoms. The van der Waals surface area contributed by atoms with Crippen LogP contribution in [0.5, 0.6) is 0 Å². The lowest BCUT2D eigenvalue weighted by molar-refractivity contribution is -0.145. The zero-order chi connectivity index (χ0) is 10.6. The molecule has 1 saturated heterocycles. The van der Waals surface area contributed by atoms with Gasteiger partial charge in [0.05, 0.1) is 6.04 Å². The average molecular weight is 211 g/mol. The predicted molar refractivity (Wildman–Crippen MR) is 48.0 cm³/mol. The van der Waals surface area contributed by atoms with E-state index in [0.717, 1.165) is 5.69 Å². The fourth-order valence-corrected chi connectivity index (χ4v) is 2.81. The van der Waals surface area contributed by atoms with Gasteiger partial charge in [0.25, 0.3) is 0 Å². The molecule has 2 heterocycles. The Morgan fingerprint density at radius 2 is 2.33 bits per heavy atom. The zero-order valence-corrected chi connectivity index (χ0v) is 8.42. The van der Waals surface area contributed by atoms with Gasteiger partial charge in [-0.05, 0) is 12.8 Å². The zero-order valence-electron chi connectivity index (χ0n) is 8.42. The third kappa shape index (κ3) is 0.987. The van der Waals surface area contributed by atoms with Crippen LogP contribution in [0.3, 0.4) is 0 Å². The summed E-state index contributed by atoms with van der Waals surface area (Å²) >= 11 is 0. The smallest absolute Gasteiger partial charge is 0.141 e. The summed E-state index contributed by atoms with van der Waals surface area (Å²) in [7, 11) is 0. The van der Waals surface area contributed by atoms with Crippen LogP contribution in [-0.4, -0.2) is 38.3 Å². The van der Waals surface area contributed by atoms with Gasteiger partial charge in [-0.3, -0.25) is 0 Å². The van der Waals surface area contributed by atoms with Crippen molar-refractivity contribution in [2.75, 3.05) is 6.54 Å². The lowest BCUT2D eigenvalue weighted by Gasteiger charge is -2.35. The average Bonchev–Trinajstić information content (AvgIpc) is 2.73. The Morgan fingerprint density at radius 3 is 3.13 bits per heavy atom. The number of fused-ring (bicyclic) bond motifs is 3. The third-order valence-corrected chi connectivity index (χ3v) is 3.67. The van der Waals surface area contributed by atoms with Gasteiger partial charge in [0, 0.05) is 12.5 Å². The molecule has 6 heteroatoms. The van der Waals surface area contributed by atoms with E-state index in [1.165, 1.54) is 5.06 Å². The van der Waals surface area contributed by atoms with Crippen molar-refractivity contribution in [3.8, 4) is 0 Å². The van der Waals surface area contributed by atoms with Crippen LogP contribution in [0.2, 0.25) is 0 Å². The molecule has 6 nitrogen and oxygen atoms in total. The van der Waals surface area contributed by atoms with Crippen LogP contribution in [0.4, 0.5) is 0 Å². The molecule has 0 radical (unpaired) electrons. The Morgan fingerprint density at radius 1 is 1.53 bits per heavy atom. The normalized spacial score (nSPS) is 40.2. The molecule has 0 amide bonds. The van der Waals surface area contributed by atoms with Crippen molar-refractivity contribution < 1.29 is 14.9 Å². The largest absolute Gasteiger partial charge is 0.381 e. The number of aromatic nitrogens is 2. The molecule has 0 unspecified atom stereocenters. The molecule has 3 rings (SSSR count). The van der Waals surface area contributed by atoms with Crippen LogP contribution in [-0.2, 0) is 12.0 Å². The summed E-state index contributed by atoms with van der Waals surface area (Å²) in [5.74, 6) is -0.0709. The van der Waals surface area contributed by atoms with Gasteiger partial charge in [-0.1, -0.05) is 17.2 Å². The van der Waals surface area contributed by atoms with Crippen molar-refractivity contribution in [3.05, 3.63) is 11.4 Å². The van der Waals surface area contributed by atoms with Crippen LogP contribution >= 0.6 is 0 Å². The Hall–Kier alpha value is -0.980. The number of nitrogens with zero attached hydrogens (tertiary/aromatic N) is 3. The number of aryl methyl sites for hydroxylation is 1. The maximum atomic E-state index is 10.6. The Kier molecular flexibility index (Phi) is 1.72. The van der Waals surface area contributed by atoms with Gasteiger partial charge in [0.2, 0.25) is 0 Å². The highest BCUT2D eigenvalue weighted by Gasteiger charge is 2.57. The van der Waals surface area contributed by atoms with Gasteiger partial charge in [0.1, 0.15) is 17.0 Å². The quantitative estimate of drug-likeness (QED) is 0.624. The van der Waals surface area contributed by atoms with Crippen molar-refractivity contribution in [2.45, 2.75) is 31.4 Å². The van der Waals surface area contributed by atoms with E-state index in [4.69, 9.17) is 0 Å². The minimum Gasteiger partial charge on any atom is -0.381 e. The van der Waals surface area contributed by atoms with Crippen molar-refractivity contribution in [1.29, 1.82) is 0 Å². The van der Waals surface area contributed by atoms with E-state index in [1.54, 1.807) is 0 Å². The van der Waals surface area contributed by atoms with Crippen molar-refractivity contribution in [3.63, 3.8) is 0 Å². The second-order valence-electron chi connectivity index (χ2n) is 4.46. The van der Waals surface area contributed by atoms with Gasteiger partial charge >= 0.3 is 0 Å². The van der Waals surface area contributed by atoms with Crippen molar-refractivity contribution in [1.82, 2.24) is 15.4 Å². The molecule has 82 valence electrons.